The van der Waals surface area contributed by atoms with Crippen LogP contribution >= 0.6 is 0 Å². The van der Waals surface area contributed by atoms with E-state index < -0.39 is 38.0 Å². The van der Waals surface area contributed by atoms with E-state index in [9.17, 15) is 26.7 Å². The Kier molecular flexibility index (Phi) is 5.67. The molecular weight excluding hydrogens is 387 g/mol. The Labute approximate surface area is 153 Å². The van der Waals surface area contributed by atoms with Gasteiger partial charge in [0.15, 0.2) is 11.5 Å². The number of alkyl halides is 2. The van der Waals surface area contributed by atoms with E-state index in [1.165, 1.54) is 6.07 Å². The zero-order valence-electron chi connectivity index (χ0n) is 14.2. The van der Waals surface area contributed by atoms with Crippen molar-refractivity contribution in [3.8, 4) is 23.3 Å². The fraction of sp³-hybridized carbons (Fsp3) is 0.235. The average molecular weight is 401 g/mol. The summed E-state index contributed by atoms with van der Waals surface area (Å²) in [7, 11) is -3.97. The molecule has 0 atom stereocenters. The number of sulfone groups is 1. The number of rotatable bonds is 6. The Balaban J connectivity index is 2.62. The van der Waals surface area contributed by atoms with Gasteiger partial charge in [0.05, 0.1) is 30.2 Å². The van der Waals surface area contributed by atoms with Crippen molar-refractivity contribution in [2.75, 3.05) is 7.11 Å². The molecule has 1 N–H and O–H groups in total. The van der Waals surface area contributed by atoms with Crippen LogP contribution in [-0.4, -0.2) is 25.9 Å². The van der Waals surface area contributed by atoms with Crippen LogP contribution < -0.4 is 9.47 Å². The van der Waals surface area contributed by atoms with E-state index in [1.807, 2.05) is 0 Å². The third-order valence-corrected chi connectivity index (χ3v) is 5.44. The van der Waals surface area contributed by atoms with E-state index in [2.05, 4.69) is 0 Å². The fourth-order valence-corrected chi connectivity index (χ4v) is 3.42. The molecule has 6 nitrogen and oxygen atoms in total. The molecule has 0 aromatic heterocycles. The second-order valence-corrected chi connectivity index (χ2v) is 7.60. The van der Waals surface area contributed by atoms with Crippen LogP contribution in [0.4, 0.5) is 13.2 Å². The molecule has 27 heavy (non-hydrogen) atoms. The molecule has 0 heterocycles. The zero-order chi connectivity index (χ0) is 20.4. The standard InChI is InChI=1S/C17H14F3NO5S/c1-17(19,20)27(23,24)15-4-3-14(16(25-2)13(15)9-22)26-12-6-10(8-21)5-11(18)7-12/h3-7,22H,9H2,1-2H3. The number of aliphatic hydroxyl groups excluding tert-OH is 1. The first-order valence-corrected chi connectivity index (χ1v) is 8.85. The molecule has 2 aromatic rings. The number of hydrogen-bond donors (Lipinski definition) is 1. The van der Waals surface area contributed by atoms with Gasteiger partial charge >= 0.3 is 5.25 Å². The molecule has 0 aliphatic carbocycles. The van der Waals surface area contributed by atoms with Gasteiger partial charge < -0.3 is 14.6 Å². The second-order valence-electron chi connectivity index (χ2n) is 5.43. The molecule has 144 valence electrons. The van der Waals surface area contributed by atoms with Crippen molar-refractivity contribution in [2.45, 2.75) is 23.7 Å². The Morgan fingerprint density at radius 2 is 1.93 bits per heavy atom. The lowest BCUT2D eigenvalue weighted by Crippen LogP contribution is -2.26. The summed E-state index contributed by atoms with van der Waals surface area (Å²) in [6.07, 6.45) is 0. The molecule has 0 spiro atoms. The predicted octanol–water partition coefficient (Wildman–Crippen LogP) is 3.38. The third kappa shape index (κ3) is 3.99. The molecule has 0 fully saturated rings. The molecule has 0 aliphatic rings. The van der Waals surface area contributed by atoms with Gasteiger partial charge in [0.1, 0.15) is 11.6 Å². The van der Waals surface area contributed by atoms with E-state index in [0.29, 0.717) is 0 Å². The van der Waals surface area contributed by atoms with Gasteiger partial charge in [-0.25, -0.2) is 12.8 Å². The number of aliphatic hydroxyl groups is 1. The number of nitriles is 1. The quantitative estimate of drug-likeness (QED) is 0.797. The summed E-state index contributed by atoms with van der Waals surface area (Å²) < 4.78 is 75.1. The van der Waals surface area contributed by atoms with Crippen molar-refractivity contribution in [1.29, 1.82) is 5.26 Å². The number of hydrogen-bond acceptors (Lipinski definition) is 6. The number of halogens is 3. The minimum absolute atomic E-state index is 0.0313. The van der Waals surface area contributed by atoms with E-state index >= 15 is 0 Å². The Morgan fingerprint density at radius 1 is 1.26 bits per heavy atom. The van der Waals surface area contributed by atoms with Crippen molar-refractivity contribution in [3.05, 3.63) is 47.3 Å². The van der Waals surface area contributed by atoms with Gasteiger partial charge in [-0.2, -0.15) is 14.0 Å². The van der Waals surface area contributed by atoms with Crippen LogP contribution in [0, 0.1) is 17.1 Å². The number of methoxy groups -OCH3 is 1. The van der Waals surface area contributed by atoms with Gasteiger partial charge in [-0.3, -0.25) is 0 Å². The van der Waals surface area contributed by atoms with Crippen molar-refractivity contribution < 1.29 is 36.2 Å². The Hall–Kier alpha value is -2.77. The van der Waals surface area contributed by atoms with E-state index in [1.54, 1.807) is 6.07 Å². The molecule has 10 heteroatoms. The molecule has 0 saturated heterocycles. The van der Waals surface area contributed by atoms with Crippen LogP contribution in [-0.2, 0) is 16.4 Å². The van der Waals surface area contributed by atoms with E-state index in [-0.39, 0.29) is 29.7 Å². The van der Waals surface area contributed by atoms with Gasteiger partial charge in [0, 0.05) is 18.6 Å². The van der Waals surface area contributed by atoms with Crippen LogP contribution in [0.2, 0.25) is 0 Å². The third-order valence-electron chi connectivity index (χ3n) is 3.53. The molecular formula is C17H14F3NO5S. The number of nitrogens with zero attached hydrogens (tertiary/aromatic N) is 1. The second kappa shape index (κ2) is 7.46. The highest BCUT2D eigenvalue weighted by molar-refractivity contribution is 7.92. The molecule has 0 unspecified atom stereocenters. The summed E-state index contributed by atoms with van der Waals surface area (Å²) in [5.41, 5.74) is -0.468. The highest BCUT2D eigenvalue weighted by Gasteiger charge is 2.43. The number of ether oxygens (including phenoxy) is 2. The maximum absolute atomic E-state index is 13.5. The zero-order valence-corrected chi connectivity index (χ0v) is 15.0. The van der Waals surface area contributed by atoms with E-state index in [0.717, 1.165) is 31.4 Å². The normalized spacial score (nSPS) is 11.7. The predicted molar refractivity (Wildman–Crippen MR) is 87.9 cm³/mol. The van der Waals surface area contributed by atoms with Crippen molar-refractivity contribution in [3.63, 3.8) is 0 Å². The van der Waals surface area contributed by atoms with Gasteiger partial charge in [0.25, 0.3) is 0 Å². The van der Waals surface area contributed by atoms with Crippen LogP contribution in [0.1, 0.15) is 18.1 Å². The summed E-state index contributed by atoms with van der Waals surface area (Å²) >= 11 is 0. The summed E-state index contributed by atoms with van der Waals surface area (Å²) in [6, 6.07) is 6.76. The molecule has 2 aromatic carbocycles. The first-order chi connectivity index (χ1) is 12.5. The van der Waals surface area contributed by atoms with Crippen LogP contribution in [0.25, 0.3) is 0 Å². The molecule has 0 aliphatic heterocycles. The van der Waals surface area contributed by atoms with Crippen LogP contribution in [0.15, 0.2) is 35.2 Å². The maximum Gasteiger partial charge on any atom is 0.347 e. The molecule has 0 bridgehead atoms. The highest BCUT2D eigenvalue weighted by atomic mass is 32.2. The summed E-state index contributed by atoms with van der Waals surface area (Å²) in [5.74, 6) is -1.33. The topological polar surface area (TPSA) is 96.6 Å². The summed E-state index contributed by atoms with van der Waals surface area (Å²) in [6.45, 7) is -0.714. The number of benzene rings is 2. The Morgan fingerprint density at radius 3 is 2.44 bits per heavy atom. The fourth-order valence-electron chi connectivity index (χ4n) is 2.30. The lowest BCUT2D eigenvalue weighted by atomic mass is 10.2. The maximum atomic E-state index is 13.5. The lowest BCUT2D eigenvalue weighted by molar-refractivity contribution is 0.114. The monoisotopic (exact) mass is 401 g/mol. The summed E-state index contributed by atoms with van der Waals surface area (Å²) in [4.78, 5) is -0.821. The summed E-state index contributed by atoms with van der Waals surface area (Å²) in [5, 5.41) is 14.3. The Bertz CT molecular complexity index is 1010. The minimum atomic E-state index is -5.09. The highest BCUT2D eigenvalue weighted by Crippen LogP contribution is 2.41. The molecule has 0 radical (unpaired) electrons. The van der Waals surface area contributed by atoms with Crippen LogP contribution in [0.3, 0.4) is 0 Å². The van der Waals surface area contributed by atoms with Gasteiger partial charge in [-0.05, 0) is 24.3 Å². The van der Waals surface area contributed by atoms with Crippen molar-refractivity contribution in [2.24, 2.45) is 0 Å². The smallest absolute Gasteiger partial charge is 0.347 e. The lowest BCUT2D eigenvalue weighted by Gasteiger charge is -2.19. The molecule has 2 rings (SSSR count). The molecule has 0 saturated carbocycles. The van der Waals surface area contributed by atoms with Gasteiger partial charge in [0.2, 0.25) is 9.84 Å². The largest absolute Gasteiger partial charge is 0.492 e. The average Bonchev–Trinajstić information content (AvgIpc) is 2.59. The van der Waals surface area contributed by atoms with Gasteiger partial charge in [-0.15, -0.1) is 0 Å². The van der Waals surface area contributed by atoms with Gasteiger partial charge in [-0.1, -0.05) is 0 Å². The van der Waals surface area contributed by atoms with Crippen LogP contribution in [0.5, 0.6) is 17.2 Å². The molecule has 0 amide bonds. The first kappa shape index (κ1) is 20.5. The minimum Gasteiger partial charge on any atom is -0.492 e. The van der Waals surface area contributed by atoms with E-state index in [4.69, 9.17) is 14.7 Å². The SMILES string of the molecule is COc1c(Oc2cc(F)cc(C#N)c2)ccc(S(=O)(=O)C(C)(F)F)c1CO. The first-order valence-electron chi connectivity index (χ1n) is 7.37. The van der Waals surface area contributed by atoms with Crippen molar-refractivity contribution >= 4 is 9.84 Å². The van der Waals surface area contributed by atoms with Crippen molar-refractivity contribution in [1.82, 2.24) is 0 Å².